The molecule has 6 heteroatoms. The maximum atomic E-state index is 11.2. The van der Waals surface area contributed by atoms with E-state index in [1.165, 1.54) is 6.20 Å². The number of pyridine rings is 1. The second-order valence-corrected chi connectivity index (χ2v) is 4.27. The molecule has 98 valence electrons. The van der Waals surface area contributed by atoms with Gasteiger partial charge in [0.2, 0.25) is 0 Å². The van der Waals surface area contributed by atoms with Crippen LogP contribution >= 0.6 is 0 Å². The fourth-order valence-corrected chi connectivity index (χ4v) is 2.02. The fraction of sp³-hybridized carbons (Fsp3) is 0.500. The van der Waals surface area contributed by atoms with E-state index in [9.17, 15) is 4.79 Å². The van der Waals surface area contributed by atoms with Crippen molar-refractivity contribution in [2.24, 2.45) is 0 Å². The van der Waals surface area contributed by atoms with Gasteiger partial charge in [0.15, 0.2) is 0 Å². The summed E-state index contributed by atoms with van der Waals surface area (Å²) in [5.74, 6) is -0.996. The zero-order chi connectivity index (χ0) is 13.1. The van der Waals surface area contributed by atoms with E-state index in [0.29, 0.717) is 25.4 Å². The number of hydrogen-bond acceptors (Lipinski definition) is 5. The minimum atomic E-state index is -0.996. The molecule has 1 aromatic heterocycles. The van der Waals surface area contributed by atoms with Gasteiger partial charge in [-0.3, -0.25) is 4.98 Å². The van der Waals surface area contributed by atoms with Crippen LogP contribution < -0.4 is 4.90 Å². The Kier molecular flexibility index (Phi) is 3.78. The van der Waals surface area contributed by atoms with Gasteiger partial charge in [0, 0.05) is 25.0 Å². The third-order valence-electron chi connectivity index (χ3n) is 2.93. The summed E-state index contributed by atoms with van der Waals surface area (Å²) in [6.45, 7) is 3.33. The first-order valence-corrected chi connectivity index (χ1v) is 5.79. The molecule has 0 saturated carbocycles. The molecule has 1 aliphatic heterocycles. The van der Waals surface area contributed by atoms with Crippen LogP contribution in [0, 0.1) is 6.92 Å². The molecule has 0 bridgehead atoms. The highest BCUT2D eigenvalue weighted by atomic mass is 16.5. The largest absolute Gasteiger partial charge is 0.478 e. The van der Waals surface area contributed by atoms with E-state index >= 15 is 0 Å². The maximum absolute atomic E-state index is 11.2. The third kappa shape index (κ3) is 2.60. The quantitative estimate of drug-likeness (QED) is 0.804. The first kappa shape index (κ1) is 12.8. The minimum absolute atomic E-state index is 0.0665. The van der Waals surface area contributed by atoms with Gasteiger partial charge in [-0.25, -0.2) is 4.79 Å². The predicted molar refractivity (Wildman–Crippen MR) is 65.0 cm³/mol. The number of aromatic nitrogens is 1. The van der Waals surface area contributed by atoms with Crippen molar-refractivity contribution in [1.29, 1.82) is 0 Å². The summed E-state index contributed by atoms with van der Waals surface area (Å²) in [5.41, 5.74) is 1.58. The van der Waals surface area contributed by atoms with Crippen LogP contribution in [0.5, 0.6) is 0 Å². The number of carboxylic acids is 1. The Bertz CT molecular complexity index is 450. The molecule has 1 saturated heterocycles. The molecule has 2 N–H and O–H groups in total. The van der Waals surface area contributed by atoms with Crippen molar-refractivity contribution in [3.8, 4) is 0 Å². The highest BCUT2D eigenvalue weighted by Crippen LogP contribution is 2.23. The Labute approximate surface area is 105 Å². The second-order valence-electron chi connectivity index (χ2n) is 4.27. The molecule has 1 fully saturated rings. The average molecular weight is 252 g/mol. The third-order valence-corrected chi connectivity index (χ3v) is 2.93. The summed E-state index contributed by atoms with van der Waals surface area (Å²) in [5, 5.41) is 18.3. The lowest BCUT2D eigenvalue weighted by molar-refractivity contribution is 0.00348. The van der Waals surface area contributed by atoms with Gasteiger partial charge in [0.05, 0.1) is 25.0 Å². The van der Waals surface area contributed by atoms with Gasteiger partial charge in [-0.1, -0.05) is 0 Å². The summed E-state index contributed by atoms with van der Waals surface area (Å²) < 4.78 is 5.35. The number of morpholine rings is 1. The van der Waals surface area contributed by atoms with Crippen LogP contribution in [-0.4, -0.2) is 53.6 Å². The second kappa shape index (κ2) is 5.32. The number of carbonyl (C=O) groups is 1. The predicted octanol–water partition coefficient (Wildman–Crippen LogP) is 0.286. The van der Waals surface area contributed by atoms with Crippen molar-refractivity contribution < 1.29 is 19.7 Å². The van der Waals surface area contributed by atoms with Gasteiger partial charge in [-0.15, -0.1) is 0 Å². The van der Waals surface area contributed by atoms with Gasteiger partial charge >= 0.3 is 5.97 Å². The Morgan fingerprint density at radius 2 is 2.44 bits per heavy atom. The van der Waals surface area contributed by atoms with E-state index in [1.807, 2.05) is 11.8 Å². The summed E-state index contributed by atoms with van der Waals surface area (Å²) in [4.78, 5) is 17.1. The number of aliphatic hydroxyl groups is 1. The molecule has 1 aliphatic rings. The van der Waals surface area contributed by atoms with Crippen LogP contribution in [0.1, 0.15) is 16.1 Å². The number of aromatic carboxylic acids is 1. The monoisotopic (exact) mass is 252 g/mol. The molecule has 0 aliphatic carbocycles. The first-order valence-electron chi connectivity index (χ1n) is 5.79. The zero-order valence-electron chi connectivity index (χ0n) is 10.2. The van der Waals surface area contributed by atoms with Gasteiger partial charge in [0.25, 0.3) is 0 Å². The van der Waals surface area contributed by atoms with Crippen LogP contribution in [0.2, 0.25) is 0 Å². The number of aliphatic hydroxyl groups excluding tert-OH is 1. The van der Waals surface area contributed by atoms with Crippen molar-refractivity contribution in [2.75, 3.05) is 31.2 Å². The number of hydrogen-bond donors (Lipinski definition) is 2. The van der Waals surface area contributed by atoms with Gasteiger partial charge in [0.1, 0.15) is 5.56 Å². The molecule has 0 amide bonds. The normalized spacial score (nSPS) is 19.9. The number of ether oxygens (including phenoxy) is 1. The van der Waals surface area contributed by atoms with Crippen LogP contribution in [0.3, 0.4) is 0 Å². The first-order chi connectivity index (χ1) is 8.61. The van der Waals surface area contributed by atoms with E-state index in [1.54, 1.807) is 6.07 Å². The van der Waals surface area contributed by atoms with E-state index in [-0.39, 0.29) is 18.3 Å². The molecule has 18 heavy (non-hydrogen) atoms. The average Bonchev–Trinajstić information content (AvgIpc) is 2.38. The molecule has 2 rings (SSSR count). The lowest BCUT2D eigenvalue weighted by Gasteiger charge is -2.34. The number of carboxylic acid groups (broad SMARTS) is 1. The van der Waals surface area contributed by atoms with Crippen LogP contribution in [0.25, 0.3) is 0 Å². The lowest BCUT2D eigenvalue weighted by Crippen LogP contribution is -2.44. The van der Waals surface area contributed by atoms with Crippen LogP contribution in [0.15, 0.2) is 12.3 Å². The van der Waals surface area contributed by atoms with Crippen LogP contribution in [0.4, 0.5) is 5.69 Å². The van der Waals surface area contributed by atoms with Crippen molar-refractivity contribution in [2.45, 2.75) is 13.0 Å². The van der Waals surface area contributed by atoms with Gasteiger partial charge in [-0.05, 0) is 13.0 Å². The Morgan fingerprint density at radius 1 is 1.67 bits per heavy atom. The van der Waals surface area contributed by atoms with Crippen molar-refractivity contribution in [3.63, 3.8) is 0 Å². The molecule has 1 aromatic rings. The van der Waals surface area contributed by atoms with Crippen molar-refractivity contribution in [1.82, 2.24) is 4.98 Å². The number of rotatable bonds is 3. The Morgan fingerprint density at radius 3 is 3.11 bits per heavy atom. The zero-order valence-corrected chi connectivity index (χ0v) is 10.2. The highest BCUT2D eigenvalue weighted by Gasteiger charge is 2.23. The SMILES string of the molecule is Cc1cc(N2CCOC(CO)C2)c(C(=O)O)cn1. The summed E-state index contributed by atoms with van der Waals surface area (Å²) >= 11 is 0. The van der Waals surface area contributed by atoms with Crippen molar-refractivity contribution in [3.05, 3.63) is 23.5 Å². The molecule has 1 atom stereocenters. The molecular formula is C12H16N2O4. The molecular weight excluding hydrogens is 236 g/mol. The summed E-state index contributed by atoms with van der Waals surface area (Å²) in [6, 6.07) is 1.75. The van der Waals surface area contributed by atoms with Crippen molar-refractivity contribution >= 4 is 11.7 Å². The topological polar surface area (TPSA) is 82.9 Å². The maximum Gasteiger partial charge on any atom is 0.339 e. The van der Waals surface area contributed by atoms with Gasteiger partial charge < -0.3 is 19.8 Å². The smallest absolute Gasteiger partial charge is 0.339 e. The van der Waals surface area contributed by atoms with E-state index in [2.05, 4.69) is 4.98 Å². The molecule has 0 aromatic carbocycles. The Balaban J connectivity index is 2.31. The van der Waals surface area contributed by atoms with E-state index < -0.39 is 5.97 Å². The lowest BCUT2D eigenvalue weighted by atomic mass is 10.1. The molecule has 6 nitrogen and oxygen atoms in total. The molecule has 1 unspecified atom stereocenters. The Hall–Kier alpha value is -1.66. The molecule has 0 radical (unpaired) electrons. The van der Waals surface area contributed by atoms with Gasteiger partial charge in [-0.2, -0.15) is 0 Å². The molecule has 2 heterocycles. The standard InChI is InChI=1S/C12H16N2O4/c1-8-4-11(10(5-13-8)12(16)17)14-2-3-18-9(6-14)7-15/h4-5,9,15H,2-3,6-7H2,1H3,(H,16,17). The highest BCUT2D eigenvalue weighted by molar-refractivity contribution is 5.94. The number of anilines is 1. The number of aryl methyl sites for hydroxylation is 1. The van der Waals surface area contributed by atoms with E-state index in [0.717, 1.165) is 5.69 Å². The number of nitrogens with zero attached hydrogens (tertiary/aromatic N) is 2. The minimum Gasteiger partial charge on any atom is -0.478 e. The summed E-state index contributed by atoms with van der Waals surface area (Å²) in [7, 11) is 0. The summed E-state index contributed by atoms with van der Waals surface area (Å²) in [6.07, 6.45) is 1.10. The van der Waals surface area contributed by atoms with Crippen LogP contribution in [-0.2, 0) is 4.74 Å². The fourth-order valence-electron chi connectivity index (χ4n) is 2.02. The van der Waals surface area contributed by atoms with E-state index in [4.69, 9.17) is 14.9 Å². The molecule has 0 spiro atoms.